The molecular weight excluding hydrogens is 274 g/mol. The average molecular weight is 295 g/mol. The average Bonchev–Trinajstić information content (AvgIpc) is 3.32. The van der Waals surface area contributed by atoms with Gasteiger partial charge in [-0.05, 0) is 42.3 Å². The zero-order chi connectivity index (χ0) is 15.4. The summed E-state index contributed by atoms with van der Waals surface area (Å²) < 4.78 is 0. The van der Waals surface area contributed by atoms with Gasteiger partial charge in [0.05, 0.1) is 0 Å². The van der Waals surface area contributed by atoms with Gasteiger partial charge in [0.1, 0.15) is 6.04 Å². The van der Waals surface area contributed by atoms with Gasteiger partial charge in [-0.25, -0.2) is 0 Å². The number of nitrogens with one attached hydrogen (secondary N) is 1. The monoisotopic (exact) mass is 295 g/mol. The number of carboxylic acid groups (broad SMARTS) is 1. The molecule has 1 aliphatic rings. The van der Waals surface area contributed by atoms with Crippen LogP contribution in [-0.4, -0.2) is 23.7 Å². The molecule has 114 valence electrons. The quantitative estimate of drug-likeness (QED) is 0.825. The van der Waals surface area contributed by atoms with Crippen LogP contribution in [0.1, 0.15) is 23.5 Å². The van der Waals surface area contributed by atoms with Crippen LogP contribution in [-0.2, 0) is 11.2 Å². The van der Waals surface area contributed by atoms with E-state index in [9.17, 15) is 9.90 Å². The summed E-state index contributed by atoms with van der Waals surface area (Å²) in [5, 5.41) is 12.6. The number of rotatable bonds is 7. The first kappa shape index (κ1) is 14.8. The summed E-state index contributed by atoms with van der Waals surface area (Å²) in [6.45, 7) is 0.767. The van der Waals surface area contributed by atoms with Gasteiger partial charge in [0.2, 0.25) is 0 Å². The van der Waals surface area contributed by atoms with Gasteiger partial charge in [0.15, 0.2) is 0 Å². The number of carboxylic acids is 1. The van der Waals surface area contributed by atoms with Crippen LogP contribution in [0.15, 0.2) is 60.7 Å². The Morgan fingerprint density at radius 1 is 1.09 bits per heavy atom. The van der Waals surface area contributed by atoms with Crippen molar-refractivity contribution < 1.29 is 9.90 Å². The minimum atomic E-state index is -0.777. The second-order valence-electron chi connectivity index (χ2n) is 6.00. The summed E-state index contributed by atoms with van der Waals surface area (Å²) in [5.41, 5.74) is 2.42. The minimum absolute atomic E-state index is 0.514. The maximum atomic E-state index is 11.4. The Labute approximate surface area is 131 Å². The van der Waals surface area contributed by atoms with E-state index in [4.69, 9.17) is 0 Å². The van der Waals surface area contributed by atoms with Gasteiger partial charge in [0.25, 0.3) is 0 Å². The number of hydrogen-bond acceptors (Lipinski definition) is 2. The molecule has 0 saturated heterocycles. The van der Waals surface area contributed by atoms with Gasteiger partial charge < -0.3 is 10.4 Å². The van der Waals surface area contributed by atoms with E-state index in [1.807, 2.05) is 36.4 Å². The van der Waals surface area contributed by atoms with Crippen molar-refractivity contribution in [1.29, 1.82) is 0 Å². The Morgan fingerprint density at radius 2 is 1.73 bits per heavy atom. The largest absolute Gasteiger partial charge is 0.480 e. The third-order valence-electron chi connectivity index (χ3n) is 4.36. The fourth-order valence-corrected chi connectivity index (χ4v) is 2.97. The number of carbonyl (C=O) groups is 1. The van der Waals surface area contributed by atoms with Gasteiger partial charge in [-0.2, -0.15) is 0 Å². The van der Waals surface area contributed by atoms with Crippen molar-refractivity contribution in [3.63, 3.8) is 0 Å². The molecular formula is C19H21NO2. The SMILES string of the molecule is O=C(O)[C@H](Cc1ccccc1)NCC1CC1c1ccccc1. The molecule has 22 heavy (non-hydrogen) atoms. The molecule has 2 N–H and O–H groups in total. The topological polar surface area (TPSA) is 49.3 Å². The summed E-state index contributed by atoms with van der Waals surface area (Å²) >= 11 is 0. The fourth-order valence-electron chi connectivity index (χ4n) is 2.97. The highest BCUT2D eigenvalue weighted by atomic mass is 16.4. The van der Waals surface area contributed by atoms with Crippen LogP contribution in [0.4, 0.5) is 0 Å². The lowest BCUT2D eigenvalue weighted by molar-refractivity contribution is -0.139. The summed E-state index contributed by atoms with van der Waals surface area (Å²) in [7, 11) is 0. The predicted octanol–water partition coefficient (Wildman–Crippen LogP) is 3.08. The first-order chi connectivity index (χ1) is 10.7. The second-order valence-corrected chi connectivity index (χ2v) is 6.00. The Kier molecular flexibility index (Phi) is 4.54. The van der Waals surface area contributed by atoms with Crippen LogP contribution in [0.2, 0.25) is 0 Å². The highest BCUT2D eigenvalue weighted by molar-refractivity contribution is 5.73. The number of benzene rings is 2. The van der Waals surface area contributed by atoms with Gasteiger partial charge >= 0.3 is 5.97 Å². The lowest BCUT2D eigenvalue weighted by atomic mass is 10.1. The van der Waals surface area contributed by atoms with Crippen molar-refractivity contribution in [2.75, 3.05) is 6.54 Å². The van der Waals surface area contributed by atoms with Crippen molar-refractivity contribution in [2.45, 2.75) is 24.8 Å². The Hall–Kier alpha value is -2.13. The van der Waals surface area contributed by atoms with Gasteiger partial charge in [0, 0.05) is 0 Å². The Bertz CT molecular complexity index is 612. The molecule has 2 aromatic rings. The molecule has 1 fully saturated rings. The molecule has 0 bridgehead atoms. The molecule has 3 rings (SSSR count). The summed E-state index contributed by atoms with van der Waals surface area (Å²) in [4.78, 5) is 11.4. The second kappa shape index (κ2) is 6.75. The van der Waals surface area contributed by atoms with Crippen LogP contribution >= 0.6 is 0 Å². The Morgan fingerprint density at radius 3 is 2.36 bits per heavy atom. The lowest BCUT2D eigenvalue weighted by Gasteiger charge is -2.14. The molecule has 3 atom stereocenters. The molecule has 3 heteroatoms. The molecule has 1 saturated carbocycles. The van der Waals surface area contributed by atoms with Gasteiger partial charge in [-0.1, -0.05) is 60.7 Å². The molecule has 1 aliphatic carbocycles. The van der Waals surface area contributed by atoms with Crippen LogP contribution in [0.25, 0.3) is 0 Å². The number of aliphatic carboxylic acids is 1. The molecule has 0 aromatic heterocycles. The maximum Gasteiger partial charge on any atom is 0.321 e. The third kappa shape index (κ3) is 3.74. The van der Waals surface area contributed by atoms with E-state index >= 15 is 0 Å². The zero-order valence-corrected chi connectivity index (χ0v) is 12.5. The van der Waals surface area contributed by atoms with E-state index in [0.717, 1.165) is 18.5 Å². The van der Waals surface area contributed by atoms with E-state index < -0.39 is 12.0 Å². The molecule has 0 radical (unpaired) electrons. The van der Waals surface area contributed by atoms with E-state index in [1.165, 1.54) is 5.56 Å². The first-order valence-corrected chi connectivity index (χ1v) is 7.79. The zero-order valence-electron chi connectivity index (χ0n) is 12.5. The third-order valence-corrected chi connectivity index (χ3v) is 4.36. The van der Waals surface area contributed by atoms with Crippen molar-refractivity contribution in [3.8, 4) is 0 Å². The summed E-state index contributed by atoms with van der Waals surface area (Å²) in [6, 6.07) is 19.7. The normalized spacial score (nSPS) is 21.3. The highest BCUT2D eigenvalue weighted by Crippen LogP contribution is 2.46. The lowest BCUT2D eigenvalue weighted by Crippen LogP contribution is -2.39. The van der Waals surface area contributed by atoms with Gasteiger partial charge in [-0.15, -0.1) is 0 Å². The maximum absolute atomic E-state index is 11.4. The van der Waals surface area contributed by atoms with Crippen molar-refractivity contribution in [2.24, 2.45) is 5.92 Å². The molecule has 0 aliphatic heterocycles. The first-order valence-electron chi connectivity index (χ1n) is 7.79. The molecule has 2 aromatic carbocycles. The van der Waals surface area contributed by atoms with E-state index in [-0.39, 0.29) is 0 Å². The van der Waals surface area contributed by atoms with Crippen molar-refractivity contribution in [1.82, 2.24) is 5.32 Å². The molecule has 0 heterocycles. The predicted molar refractivity (Wildman–Crippen MR) is 86.9 cm³/mol. The van der Waals surface area contributed by atoms with Crippen LogP contribution in [0.3, 0.4) is 0 Å². The summed E-state index contributed by atoms with van der Waals surface area (Å²) in [6.07, 6.45) is 1.67. The smallest absolute Gasteiger partial charge is 0.321 e. The highest BCUT2D eigenvalue weighted by Gasteiger charge is 2.38. The van der Waals surface area contributed by atoms with E-state index in [2.05, 4.69) is 29.6 Å². The molecule has 0 amide bonds. The van der Waals surface area contributed by atoms with E-state index in [0.29, 0.717) is 18.3 Å². The van der Waals surface area contributed by atoms with Crippen molar-refractivity contribution in [3.05, 3.63) is 71.8 Å². The van der Waals surface area contributed by atoms with Gasteiger partial charge in [-0.3, -0.25) is 4.79 Å². The van der Waals surface area contributed by atoms with Crippen LogP contribution in [0.5, 0.6) is 0 Å². The van der Waals surface area contributed by atoms with Crippen LogP contribution < -0.4 is 5.32 Å². The van der Waals surface area contributed by atoms with Crippen molar-refractivity contribution >= 4 is 5.97 Å². The van der Waals surface area contributed by atoms with E-state index in [1.54, 1.807) is 0 Å². The number of hydrogen-bond donors (Lipinski definition) is 2. The van der Waals surface area contributed by atoms with Crippen LogP contribution in [0, 0.1) is 5.92 Å². The summed E-state index contributed by atoms with van der Waals surface area (Å²) in [5.74, 6) is 0.362. The molecule has 2 unspecified atom stereocenters. The fraction of sp³-hybridized carbons (Fsp3) is 0.316. The Balaban J connectivity index is 1.52. The molecule has 3 nitrogen and oxygen atoms in total. The molecule has 0 spiro atoms. The minimum Gasteiger partial charge on any atom is -0.480 e. The standard InChI is InChI=1S/C19H21NO2/c21-19(22)18(11-14-7-3-1-4-8-14)20-13-16-12-17(16)15-9-5-2-6-10-15/h1-10,16-18,20H,11-13H2,(H,21,22)/t16?,17?,18-/m0/s1.